The Morgan fingerprint density at radius 2 is 1.70 bits per heavy atom. The summed E-state index contributed by atoms with van der Waals surface area (Å²) in [5.41, 5.74) is -1.20. The molecular weight excluding hydrogens is 477 g/mol. The molecule has 0 aliphatic carbocycles. The summed E-state index contributed by atoms with van der Waals surface area (Å²) in [4.78, 5) is 15.7. The number of halogens is 3. The van der Waals surface area contributed by atoms with E-state index in [9.17, 15) is 22.0 Å². The third kappa shape index (κ3) is 5.03. The van der Waals surface area contributed by atoms with Crippen LogP contribution in [-0.2, 0) is 20.2 Å². The van der Waals surface area contributed by atoms with Crippen LogP contribution >= 0.6 is 11.3 Å². The van der Waals surface area contributed by atoms with Crippen LogP contribution in [0, 0.1) is 17.5 Å². The maximum Gasteiger partial charge on any atom is 0.350 e. The normalized spacial score (nSPS) is 12.0. The number of thiazole rings is 1. The van der Waals surface area contributed by atoms with Crippen LogP contribution in [0.4, 0.5) is 18.9 Å². The fourth-order valence-electron chi connectivity index (χ4n) is 2.89. The highest BCUT2D eigenvalue weighted by Crippen LogP contribution is 2.37. The Morgan fingerprint density at radius 1 is 1.09 bits per heavy atom. The first kappa shape index (κ1) is 24.7. The van der Waals surface area contributed by atoms with Gasteiger partial charge in [0, 0.05) is 11.0 Å². The lowest BCUT2D eigenvalue weighted by molar-refractivity contribution is 0.0532. The number of anilines is 1. The second-order valence-electron chi connectivity index (χ2n) is 7.99. The standard InChI is InChI=1S/C22H21F3N2O4S2/c1-5-31-20(28)18-17(26-21(32-18)22(2,3)4)12-8-6-11-15(16(12)25)27-33(29,30)19-13(23)9-7-10-14(19)24/h6-11,27H,5H2,1-4H3. The van der Waals surface area contributed by atoms with Gasteiger partial charge in [0.1, 0.15) is 16.5 Å². The van der Waals surface area contributed by atoms with Gasteiger partial charge >= 0.3 is 5.97 Å². The van der Waals surface area contributed by atoms with E-state index < -0.39 is 49.4 Å². The van der Waals surface area contributed by atoms with Gasteiger partial charge in [-0.25, -0.2) is 31.4 Å². The van der Waals surface area contributed by atoms with Crippen molar-refractivity contribution >= 4 is 33.0 Å². The van der Waals surface area contributed by atoms with Crippen LogP contribution in [0.3, 0.4) is 0 Å². The molecule has 3 aromatic rings. The largest absolute Gasteiger partial charge is 0.462 e. The van der Waals surface area contributed by atoms with Gasteiger partial charge in [-0.15, -0.1) is 11.3 Å². The van der Waals surface area contributed by atoms with E-state index in [1.807, 2.05) is 25.5 Å². The first-order valence-corrected chi connectivity index (χ1v) is 12.1. The van der Waals surface area contributed by atoms with Crippen molar-refractivity contribution in [1.82, 2.24) is 4.98 Å². The molecule has 0 fully saturated rings. The highest BCUT2D eigenvalue weighted by Gasteiger charge is 2.30. The number of hydrogen-bond donors (Lipinski definition) is 1. The zero-order valence-electron chi connectivity index (χ0n) is 18.2. The van der Waals surface area contributed by atoms with Crippen molar-refractivity contribution in [3.05, 3.63) is 63.7 Å². The van der Waals surface area contributed by atoms with Crippen molar-refractivity contribution in [2.75, 3.05) is 11.3 Å². The monoisotopic (exact) mass is 498 g/mol. The highest BCUT2D eigenvalue weighted by atomic mass is 32.2. The summed E-state index contributed by atoms with van der Waals surface area (Å²) in [6, 6.07) is 6.31. The Balaban J connectivity index is 2.12. The van der Waals surface area contributed by atoms with E-state index in [0.717, 1.165) is 35.6 Å². The molecule has 2 aromatic carbocycles. The molecule has 0 radical (unpaired) electrons. The SMILES string of the molecule is CCOC(=O)c1sc(C(C)(C)C)nc1-c1cccc(NS(=O)(=O)c2c(F)cccc2F)c1F. The fraction of sp³-hybridized carbons (Fsp3) is 0.273. The summed E-state index contributed by atoms with van der Waals surface area (Å²) in [5.74, 6) is -4.40. The average molecular weight is 499 g/mol. The number of hydrogen-bond acceptors (Lipinski definition) is 6. The molecule has 1 N–H and O–H groups in total. The molecule has 11 heteroatoms. The van der Waals surface area contributed by atoms with Crippen molar-refractivity contribution < 1.29 is 31.1 Å². The number of carbonyl (C=O) groups excluding carboxylic acids is 1. The number of rotatable bonds is 6. The molecule has 0 aliphatic heterocycles. The molecule has 0 bridgehead atoms. The third-order valence-corrected chi connectivity index (χ3v) is 7.29. The van der Waals surface area contributed by atoms with E-state index in [2.05, 4.69) is 4.98 Å². The van der Waals surface area contributed by atoms with Gasteiger partial charge in [0.2, 0.25) is 0 Å². The van der Waals surface area contributed by atoms with Crippen LogP contribution in [-0.4, -0.2) is 26.0 Å². The van der Waals surface area contributed by atoms with Crippen molar-refractivity contribution in [2.24, 2.45) is 0 Å². The molecule has 0 atom stereocenters. The zero-order valence-corrected chi connectivity index (χ0v) is 19.8. The van der Waals surface area contributed by atoms with Crippen molar-refractivity contribution in [3.8, 4) is 11.3 Å². The second kappa shape index (κ2) is 9.14. The minimum absolute atomic E-state index is 0.0148. The summed E-state index contributed by atoms with van der Waals surface area (Å²) >= 11 is 1.05. The van der Waals surface area contributed by atoms with Gasteiger partial charge < -0.3 is 4.74 Å². The highest BCUT2D eigenvalue weighted by molar-refractivity contribution is 7.92. The van der Waals surface area contributed by atoms with Crippen LogP contribution < -0.4 is 4.72 Å². The van der Waals surface area contributed by atoms with Gasteiger partial charge in [-0.3, -0.25) is 4.72 Å². The van der Waals surface area contributed by atoms with Crippen LogP contribution in [0.1, 0.15) is 42.4 Å². The number of ether oxygens (including phenoxy) is 1. The van der Waals surface area contributed by atoms with Gasteiger partial charge in [-0.05, 0) is 31.2 Å². The molecule has 0 aliphatic rings. The predicted molar refractivity (Wildman–Crippen MR) is 119 cm³/mol. The maximum atomic E-state index is 15.4. The number of nitrogens with one attached hydrogen (secondary N) is 1. The van der Waals surface area contributed by atoms with Gasteiger partial charge in [0.15, 0.2) is 10.7 Å². The number of esters is 1. The molecule has 1 heterocycles. The fourth-order valence-corrected chi connectivity index (χ4v) is 5.12. The first-order chi connectivity index (χ1) is 15.4. The Kier molecular flexibility index (Phi) is 6.85. The Bertz CT molecular complexity index is 1300. The lowest BCUT2D eigenvalue weighted by Crippen LogP contribution is -2.17. The quantitative estimate of drug-likeness (QED) is 0.454. The molecule has 0 saturated heterocycles. The van der Waals surface area contributed by atoms with E-state index in [1.165, 1.54) is 12.1 Å². The third-order valence-electron chi connectivity index (χ3n) is 4.42. The molecule has 3 rings (SSSR count). The van der Waals surface area contributed by atoms with Gasteiger partial charge in [-0.1, -0.05) is 32.9 Å². The summed E-state index contributed by atoms with van der Waals surface area (Å²) in [5, 5.41) is 0.541. The molecule has 0 spiro atoms. The minimum atomic E-state index is -4.80. The van der Waals surface area contributed by atoms with E-state index >= 15 is 4.39 Å². The zero-order chi connectivity index (χ0) is 24.6. The van der Waals surface area contributed by atoms with Crippen molar-refractivity contribution in [3.63, 3.8) is 0 Å². The molecule has 176 valence electrons. The van der Waals surface area contributed by atoms with Crippen LogP contribution in [0.15, 0.2) is 41.3 Å². The number of sulfonamides is 1. The summed E-state index contributed by atoms with van der Waals surface area (Å²) in [6.07, 6.45) is 0. The first-order valence-electron chi connectivity index (χ1n) is 9.81. The van der Waals surface area contributed by atoms with Gasteiger partial charge in [-0.2, -0.15) is 0 Å². The molecule has 33 heavy (non-hydrogen) atoms. The number of benzene rings is 2. The van der Waals surface area contributed by atoms with Crippen molar-refractivity contribution in [2.45, 2.75) is 38.0 Å². The molecule has 0 amide bonds. The maximum absolute atomic E-state index is 15.4. The summed E-state index contributed by atoms with van der Waals surface area (Å²) in [7, 11) is -4.80. The minimum Gasteiger partial charge on any atom is -0.462 e. The molecular formula is C22H21F3N2O4S2. The predicted octanol–water partition coefficient (Wildman–Crippen LogP) is 5.50. The molecule has 0 saturated carbocycles. The van der Waals surface area contributed by atoms with Gasteiger partial charge in [0.05, 0.1) is 23.0 Å². The topological polar surface area (TPSA) is 85.4 Å². The van der Waals surface area contributed by atoms with E-state index in [0.29, 0.717) is 5.01 Å². The van der Waals surface area contributed by atoms with Crippen LogP contribution in [0.2, 0.25) is 0 Å². The van der Waals surface area contributed by atoms with Crippen LogP contribution in [0.25, 0.3) is 11.3 Å². The van der Waals surface area contributed by atoms with E-state index in [-0.39, 0.29) is 22.7 Å². The number of aromatic nitrogens is 1. The molecule has 6 nitrogen and oxygen atoms in total. The average Bonchev–Trinajstić information content (AvgIpc) is 3.15. The second-order valence-corrected chi connectivity index (χ2v) is 10.6. The Hall–Kier alpha value is -2.92. The Morgan fingerprint density at radius 3 is 2.27 bits per heavy atom. The smallest absolute Gasteiger partial charge is 0.350 e. The molecule has 1 aromatic heterocycles. The van der Waals surface area contributed by atoms with E-state index in [1.54, 1.807) is 6.92 Å². The van der Waals surface area contributed by atoms with Gasteiger partial charge in [0.25, 0.3) is 10.0 Å². The van der Waals surface area contributed by atoms with Crippen molar-refractivity contribution in [1.29, 1.82) is 0 Å². The molecule has 0 unspecified atom stereocenters. The van der Waals surface area contributed by atoms with E-state index in [4.69, 9.17) is 4.74 Å². The Labute approximate surface area is 193 Å². The summed E-state index contributed by atoms with van der Waals surface area (Å²) < 4.78 is 75.6. The summed E-state index contributed by atoms with van der Waals surface area (Å²) in [6.45, 7) is 7.33. The van der Waals surface area contributed by atoms with Crippen LogP contribution in [0.5, 0.6) is 0 Å². The lowest BCUT2D eigenvalue weighted by atomic mass is 9.98. The lowest BCUT2D eigenvalue weighted by Gasteiger charge is -2.14. The number of nitrogens with zero attached hydrogens (tertiary/aromatic N) is 1. The number of carbonyl (C=O) groups is 1.